The largest absolute Gasteiger partial charge is 0.356 e. The minimum atomic E-state index is 0.504. The van der Waals surface area contributed by atoms with Gasteiger partial charge >= 0.3 is 0 Å². The molecule has 1 saturated heterocycles. The van der Waals surface area contributed by atoms with Crippen molar-refractivity contribution >= 4 is 16.6 Å². The van der Waals surface area contributed by atoms with Crippen molar-refractivity contribution in [1.82, 2.24) is 4.98 Å². The average Bonchev–Trinajstić information content (AvgIpc) is 2.95. The fraction of sp³-hybridized carbons (Fsp3) is 0.471. The molecule has 0 aliphatic carbocycles. The summed E-state index contributed by atoms with van der Waals surface area (Å²) < 4.78 is 0. The molecule has 1 aromatic heterocycles. The van der Waals surface area contributed by atoms with Gasteiger partial charge in [-0.25, -0.2) is 4.98 Å². The highest BCUT2D eigenvalue weighted by Gasteiger charge is 2.24. The highest BCUT2D eigenvalue weighted by atomic mass is 15.2. The van der Waals surface area contributed by atoms with Crippen molar-refractivity contribution in [2.75, 3.05) is 18.0 Å². The maximum atomic E-state index is 5.80. The fourth-order valence-electron chi connectivity index (χ4n) is 3.25. The molecule has 0 bridgehead atoms. The van der Waals surface area contributed by atoms with Gasteiger partial charge < -0.3 is 10.6 Å². The predicted molar refractivity (Wildman–Crippen MR) is 84.9 cm³/mol. The molecule has 1 aliphatic heterocycles. The smallest absolute Gasteiger partial charge is 0.136 e. The van der Waals surface area contributed by atoms with Crippen LogP contribution in [0.25, 0.3) is 10.8 Å². The zero-order valence-electron chi connectivity index (χ0n) is 12.2. The lowest BCUT2D eigenvalue weighted by molar-refractivity contribution is 0.529. The van der Waals surface area contributed by atoms with Crippen LogP contribution < -0.4 is 10.6 Å². The van der Waals surface area contributed by atoms with Gasteiger partial charge in [0.15, 0.2) is 0 Å². The van der Waals surface area contributed by atoms with E-state index in [9.17, 15) is 0 Å². The maximum Gasteiger partial charge on any atom is 0.136 e. The van der Waals surface area contributed by atoms with Crippen molar-refractivity contribution in [3.05, 3.63) is 36.0 Å². The number of hydrogen-bond acceptors (Lipinski definition) is 3. The molecule has 1 aromatic carbocycles. The number of hydrogen-bond donors (Lipinski definition) is 1. The van der Waals surface area contributed by atoms with Gasteiger partial charge in [-0.1, -0.05) is 37.6 Å². The van der Waals surface area contributed by atoms with Crippen LogP contribution in [-0.4, -0.2) is 18.1 Å². The molecular formula is C17H23N3. The summed E-state index contributed by atoms with van der Waals surface area (Å²) in [5.41, 5.74) is 6.79. The van der Waals surface area contributed by atoms with Crippen LogP contribution >= 0.6 is 0 Å². The van der Waals surface area contributed by atoms with Gasteiger partial charge in [-0.2, -0.15) is 0 Å². The second kappa shape index (κ2) is 5.80. The number of nitrogens with zero attached hydrogens (tertiary/aromatic N) is 2. The molecule has 0 spiro atoms. The number of aromatic nitrogens is 1. The van der Waals surface area contributed by atoms with Crippen LogP contribution in [0.2, 0.25) is 0 Å². The molecule has 3 heteroatoms. The van der Waals surface area contributed by atoms with Crippen molar-refractivity contribution < 1.29 is 0 Å². The SMILES string of the molecule is CCCC1CCN(c2nc(CN)cc3ccccc23)C1. The summed E-state index contributed by atoms with van der Waals surface area (Å²) in [6.45, 7) is 5.03. The molecular weight excluding hydrogens is 246 g/mol. The van der Waals surface area contributed by atoms with Gasteiger partial charge in [0.2, 0.25) is 0 Å². The van der Waals surface area contributed by atoms with Gasteiger partial charge in [0.1, 0.15) is 5.82 Å². The summed E-state index contributed by atoms with van der Waals surface area (Å²) in [4.78, 5) is 7.24. The van der Waals surface area contributed by atoms with E-state index in [0.29, 0.717) is 6.54 Å². The molecule has 3 rings (SSSR count). The Kier molecular flexibility index (Phi) is 3.88. The number of fused-ring (bicyclic) bond motifs is 1. The fourth-order valence-corrected chi connectivity index (χ4v) is 3.25. The van der Waals surface area contributed by atoms with Gasteiger partial charge in [0.25, 0.3) is 0 Å². The molecule has 20 heavy (non-hydrogen) atoms. The van der Waals surface area contributed by atoms with Crippen LogP contribution in [0.4, 0.5) is 5.82 Å². The third kappa shape index (κ3) is 2.50. The molecule has 2 aromatic rings. The van der Waals surface area contributed by atoms with E-state index in [2.05, 4.69) is 42.2 Å². The molecule has 1 fully saturated rings. The van der Waals surface area contributed by atoms with Crippen LogP contribution in [0.3, 0.4) is 0 Å². The Hall–Kier alpha value is -1.61. The predicted octanol–water partition coefficient (Wildman–Crippen LogP) is 3.32. The third-order valence-electron chi connectivity index (χ3n) is 4.26. The van der Waals surface area contributed by atoms with Crippen LogP contribution in [0.15, 0.2) is 30.3 Å². The number of anilines is 1. The Labute approximate surface area is 120 Å². The summed E-state index contributed by atoms with van der Waals surface area (Å²) in [6.07, 6.45) is 3.89. The lowest BCUT2D eigenvalue weighted by atomic mass is 10.0. The van der Waals surface area contributed by atoms with Crippen molar-refractivity contribution in [2.24, 2.45) is 11.7 Å². The standard InChI is InChI=1S/C17H23N3/c1-2-5-13-8-9-20(12-13)17-16-7-4-3-6-14(16)10-15(11-18)19-17/h3-4,6-7,10,13H,2,5,8-9,11-12,18H2,1H3. The molecule has 3 nitrogen and oxygen atoms in total. The lowest BCUT2D eigenvalue weighted by Crippen LogP contribution is -2.22. The Morgan fingerprint density at radius 3 is 3.00 bits per heavy atom. The minimum absolute atomic E-state index is 0.504. The summed E-state index contributed by atoms with van der Waals surface area (Å²) in [7, 11) is 0. The number of pyridine rings is 1. The Morgan fingerprint density at radius 1 is 1.35 bits per heavy atom. The van der Waals surface area contributed by atoms with Crippen molar-refractivity contribution in [3.8, 4) is 0 Å². The Morgan fingerprint density at radius 2 is 2.20 bits per heavy atom. The number of rotatable bonds is 4. The Balaban J connectivity index is 1.98. The molecule has 2 N–H and O–H groups in total. The summed E-state index contributed by atoms with van der Waals surface area (Å²) >= 11 is 0. The van der Waals surface area contributed by atoms with Gasteiger partial charge in [-0.05, 0) is 30.2 Å². The summed E-state index contributed by atoms with van der Waals surface area (Å²) in [6, 6.07) is 10.6. The first-order valence-electron chi connectivity index (χ1n) is 7.65. The van der Waals surface area contributed by atoms with Crippen molar-refractivity contribution in [2.45, 2.75) is 32.7 Å². The molecule has 106 valence electrons. The minimum Gasteiger partial charge on any atom is -0.356 e. The first-order chi connectivity index (χ1) is 9.81. The third-order valence-corrected chi connectivity index (χ3v) is 4.26. The van der Waals surface area contributed by atoms with E-state index in [-0.39, 0.29) is 0 Å². The second-order valence-corrected chi connectivity index (χ2v) is 5.75. The summed E-state index contributed by atoms with van der Waals surface area (Å²) in [5, 5.41) is 2.50. The number of nitrogens with two attached hydrogens (primary N) is 1. The quantitative estimate of drug-likeness (QED) is 0.926. The molecule has 2 heterocycles. The highest BCUT2D eigenvalue weighted by Crippen LogP contribution is 2.31. The van der Waals surface area contributed by atoms with Gasteiger partial charge in [-0.15, -0.1) is 0 Å². The lowest BCUT2D eigenvalue weighted by Gasteiger charge is -2.20. The second-order valence-electron chi connectivity index (χ2n) is 5.75. The topological polar surface area (TPSA) is 42.2 Å². The molecule has 0 saturated carbocycles. The molecule has 0 amide bonds. The van der Waals surface area contributed by atoms with Gasteiger partial charge in [-0.3, -0.25) is 0 Å². The van der Waals surface area contributed by atoms with Gasteiger partial charge in [0, 0.05) is 25.0 Å². The van der Waals surface area contributed by atoms with Crippen LogP contribution in [0.5, 0.6) is 0 Å². The molecule has 1 atom stereocenters. The van der Waals surface area contributed by atoms with Crippen LogP contribution in [0.1, 0.15) is 31.9 Å². The highest BCUT2D eigenvalue weighted by molar-refractivity contribution is 5.92. The van der Waals surface area contributed by atoms with Crippen molar-refractivity contribution in [1.29, 1.82) is 0 Å². The average molecular weight is 269 g/mol. The zero-order valence-corrected chi connectivity index (χ0v) is 12.2. The normalized spacial score (nSPS) is 18.9. The van der Waals surface area contributed by atoms with E-state index in [0.717, 1.165) is 30.5 Å². The summed E-state index contributed by atoms with van der Waals surface area (Å²) in [5.74, 6) is 1.95. The molecule has 0 radical (unpaired) electrons. The monoisotopic (exact) mass is 269 g/mol. The van der Waals surface area contributed by atoms with Gasteiger partial charge in [0.05, 0.1) is 5.69 Å². The van der Waals surface area contributed by atoms with E-state index < -0.39 is 0 Å². The molecule has 1 unspecified atom stereocenters. The molecule has 1 aliphatic rings. The van der Waals surface area contributed by atoms with Crippen LogP contribution in [-0.2, 0) is 6.54 Å². The maximum absolute atomic E-state index is 5.80. The van der Waals surface area contributed by atoms with E-state index in [4.69, 9.17) is 10.7 Å². The van der Waals surface area contributed by atoms with Crippen LogP contribution in [0, 0.1) is 5.92 Å². The van der Waals surface area contributed by atoms with E-state index in [1.54, 1.807) is 0 Å². The number of benzene rings is 1. The van der Waals surface area contributed by atoms with E-state index >= 15 is 0 Å². The first-order valence-corrected chi connectivity index (χ1v) is 7.65. The van der Waals surface area contributed by atoms with E-state index in [1.165, 1.54) is 30.0 Å². The zero-order chi connectivity index (χ0) is 13.9. The van der Waals surface area contributed by atoms with E-state index in [1.807, 2.05) is 0 Å². The Bertz CT molecular complexity index is 594. The first kappa shape index (κ1) is 13.4. The van der Waals surface area contributed by atoms with Crippen molar-refractivity contribution in [3.63, 3.8) is 0 Å².